The molecule has 3 aromatic carbocycles. The first-order valence-corrected chi connectivity index (χ1v) is 15.9. The number of ketones is 1. The minimum absolute atomic E-state index is 0.163. The zero-order valence-electron chi connectivity index (χ0n) is 22.0. The molecule has 1 aliphatic heterocycles. The molecule has 0 unspecified atom stereocenters. The summed E-state index contributed by atoms with van der Waals surface area (Å²) in [5.74, 6) is 0.965. The lowest BCUT2D eigenvalue weighted by atomic mass is 10.0. The van der Waals surface area contributed by atoms with Gasteiger partial charge in [0.05, 0.1) is 5.75 Å². The Morgan fingerprint density at radius 3 is 2.08 bits per heavy atom. The number of hydrogen-bond donors (Lipinski definition) is 1. The van der Waals surface area contributed by atoms with Gasteiger partial charge in [-0.1, -0.05) is 80.8 Å². The van der Waals surface area contributed by atoms with Gasteiger partial charge in [0.1, 0.15) is 13.2 Å². The number of rotatable bonds is 13. The molecule has 3 aromatic rings. The van der Waals surface area contributed by atoms with Crippen LogP contribution in [0.3, 0.4) is 0 Å². The standard InChI is InChI=1S/C30H33NO6S2/c1-2-3-4-5-18-39(34,35)31-30(33)29(32)25-12-8-23(9-13-25)21-38-20-22-6-10-24(11-7-22)26-14-15-27-28(19-26)37-17-16-36-27/h6-15,19H,2-5,16-18,20-21H2,1H3,(H,31,33). The Bertz CT molecular complexity index is 1390. The third kappa shape index (κ3) is 8.34. The molecule has 4 rings (SSSR count). The molecule has 1 heterocycles. The Hall–Kier alpha value is -3.30. The van der Waals surface area contributed by atoms with E-state index in [0.29, 0.717) is 19.6 Å². The second kappa shape index (κ2) is 13.7. The molecule has 7 nitrogen and oxygen atoms in total. The molecular formula is C30H33NO6S2. The number of Topliss-reactive ketones (excluding diaryl/α,β-unsaturated/α-hetero) is 1. The summed E-state index contributed by atoms with van der Waals surface area (Å²) in [5.41, 5.74) is 4.55. The van der Waals surface area contributed by atoms with Crippen LogP contribution in [0.25, 0.3) is 11.1 Å². The van der Waals surface area contributed by atoms with Crippen LogP contribution in [0.5, 0.6) is 11.5 Å². The number of thioether (sulfide) groups is 1. The van der Waals surface area contributed by atoms with Crippen LogP contribution in [0.4, 0.5) is 0 Å². The van der Waals surface area contributed by atoms with Crippen LogP contribution in [0.1, 0.15) is 54.1 Å². The highest BCUT2D eigenvalue weighted by molar-refractivity contribution is 7.97. The van der Waals surface area contributed by atoms with Gasteiger partial charge in [0.2, 0.25) is 10.0 Å². The number of nitrogens with one attached hydrogen (secondary N) is 1. The molecule has 1 aliphatic rings. The van der Waals surface area contributed by atoms with Gasteiger partial charge < -0.3 is 9.47 Å². The van der Waals surface area contributed by atoms with E-state index in [1.807, 2.05) is 29.8 Å². The first-order valence-electron chi connectivity index (χ1n) is 13.1. The highest BCUT2D eigenvalue weighted by Gasteiger charge is 2.22. The van der Waals surface area contributed by atoms with Crippen LogP contribution in [0.15, 0.2) is 66.7 Å². The molecule has 0 atom stereocenters. The van der Waals surface area contributed by atoms with Crippen molar-refractivity contribution in [1.82, 2.24) is 4.72 Å². The molecule has 0 spiro atoms. The van der Waals surface area contributed by atoms with Crippen molar-refractivity contribution in [2.75, 3.05) is 19.0 Å². The average molecular weight is 568 g/mol. The second-order valence-electron chi connectivity index (χ2n) is 9.38. The Morgan fingerprint density at radius 2 is 1.41 bits per heavy atom. The van der Waals surface area contributed by atoms with Crippen LogP contribution >= 0.6 is 11.8 Å². The molecule has 9 heteroatoms. The summed E-state index contributed by atoms with van der Waals surface area (Å²) < 4.78 is 37.3. The number of hydrogen-bond acceptors (Lipinski definition) is 7. The Kier molecular flexibility index (Phi) is 10.1. The molecule has 0 saturated carbocycles. The van der Waals surface area contributed by atoms with Crippen molar-refractivity contribution in [3.8, 4) is 22.6 Å². The topological polar surface area (TPSA) is 98.8 Å². The summed E-state index contributed by atoms with van der Waals surface area (Å²) in [6.45, 7) is 3.16. The minimum Gasteiger partial charge on any atom is -0.486 e. The quantitative estimate of drug-likeness (QED) is 0.159. The second-order valence-corrected chi connectivity index (χ2v) is 12.2. The number of carbonyl (C=O) groups is 2. The van der Waals surface area contributed by atoms with Gasteiger partial charge in [-0.25, -0.2) is 13.1 Å². The van der Waals surface area contributed by atoms with E-state index in [1.54, 1.807) is 36.0 Å². The molecule has 0 aliphatic carbocycles. The maximum Gasteiger partial charge on any atom is 0.305 e. The molecule has 0 bridgehead atoms. The van der Waals surface area contributed by atoms with E-state index in [1.165, 1.54) is 5.56 Å². The summed E-state index contributed by atoms with van der Waals surface area (Å²) in [5, 5.41) is 0. The fourth-order valence-electron chi connectivity index (χ4n) is 4.14. The predicted octanol–water partition coefficient (Wildman–Crippen LogP) is 5.77. The maximum absolute atomic E-state index is 12.4. The van der Waals surface area contributed by atoms with Gasteiger partial charge >= 0.3 is 5.91 Å². The molecule has 0 radical (unpaired) electrons. The monoisotopic (exact) mass is 567 g/mol. The van der Waals surface area contributed by atoms with E-state index in [0.717, 1.165) is 59.0 Å². The van der Waals surface area contributed by atoms with Gasteiger partial charge in [-0.05, 0) is 40.8 Å². The largest absolute Gasteiger partial charge is 0.486 e. The molecule has 0 saturated heterocycles. The molecule has 0 fully saturated rings. The van der Waals surface area contributed by atoms with E-state index in [9.17, 15) is 18.0 Å². The molecular weight excluding hydrogens is 534 g/mol. The number of benzene rings is 3. The number of amides is 1. The van der Waals surface area contributed by atoms with Crippen molar-refractivity contribution in [2.45, 2.75) is 44.1 Å². The maximum atomic E-state index is 12.4. The molecule has 39 heavy (non-hydrogen) atoms. The van der Waals surface area contributed by atoms with Crippen LogP contribution in [0.2, 0.25) is 0 Å². The summed E-state index contributed by atoms with van der Waals surface area (Å²) in [4.78, 5) is 24.6. The van der Waals surface area contributed by atoms with Gasteiger partial charge in [0.25, 0.3) is 5.78 Å². The summed E-state index contributed by atoms with van der Waals surface area (Å²) >= 11 is 1.74. The molecule has 0 aromatic heterocycles. The number of carbonyl (C=O) groups excluding carboxylic acids is 2. The smallest absolute Gasteiger partial charge is 0.305 e. The Balaban J connectivity index is 1.24. The van der Waals surface area contributed by atoms with E-state index in [-0.39, 0.29) is 11.3 Å². The van der Waals surface area contributed by atoms with Crippen molar-refractivity contribution in [3.63, 3.8) is 0 Å². The predicted molar refractivity (Wildman–Crippen MR) is 155 cm³/mol. The van der Waals surface area contributed by atoms with Gasteiger partial charge in [0.15, 0.2) is 11.5 Å². The fourth-order valence-corrected chi connectivity index (χ4v) is 6.16. The highest BCUT2D eigenvalue weighted by Crippen LogP contribution is 2.34. The summed E-state index contributed by atoms with van der Waals surface area (Å²) in [6.07, 6.45) is 3.14. The average Bonchev–Trinajstić information content (AvgIpc) is 2.95. The van der Waals surface area contributed by atoms with Gasteiger partial charge in [0, 0.05) is 17.1 Å². The first-order chi connectivity index (χ1) is 18.8. The molecule has 1 amide bonds. The SMILES string of the molecule is CCCCCCS(=O)(=O)NC(=O)C(=O)c1ccc(CSCc2ccc(-c3ccc4c(c3)OCCO4)cc2)cc1. The lowest BCUT2D eigenvalue weighted by Crippen LogP contribution is -2.37. The number of fused-ring (bicyclic) bond motifs is 1. The van der Waals surface area contributed by atoms with E-state index >= 15 is 0 Å². The van der Waals surface area contributed by atoms with Crippen molar-refractivity contribution in [1.29, 1.82) is 0 Å². The van der Waals surface area contributed by atoms with Crippen molar-refractivity contribution < 1.29 is 27.5 Å². The van der Waals surface area contributed by atoms with Crippen LogP contribution in [-0.4, -0.2) is 39.1 Å². The number of sulfonamides is 1. The van der Waals surface area contributed by atoms with E-state index in [4.69, 9.17) is 9.47 Å². The minimum atomic E-state index is -3.82. The van der Waals surface area contributed by atoms with Crippen LogP contribution in [0, 0.1) is 0 Å². The zero-order valence-corrected chi connectivity index (χ0v) is 23.6. The fraction of sp³-hybridized carbons (Fsp3) is 0.333. The van der Waals surface area contributed by atoms with Gasteiger partial charge in [-0.15, -0.1) is 0 Å². The third-order valence-corrected chi connectivity index (χ3v) is 8.70. The number of unbranched alkanes of at least 4 members (excludes halogenated alkanes) is 3. The Morgan fingerprint density at radius 1 is 0.795 bits per heavy atom. The highest BCUT2D eigenvalue weighted by atomic mass is 32.2. The van der Waals surface area contributed by atoms with E-state index in [2.05, 4.69) is 24.3 Å². The Labute approximate surface area is 234 Å². The normalized spacial score (nSPS) is 12.6. The molecule has 206 valence electrons. The summed E-state index contributed by atoms with van der Waals surface area (Å²) in [6, 6.07) is 21.1. The molecule has 1 N–H and O–H groups in total. The zero-order chi connectivity index (χ0) is 27.7. The lowest BCUT2D eigenvalue weighted by Gasteiger charge is -2.19. The summed E-state index contributed by atoms with van der Waals surface area (Å²) in [7, 11) is -3.82. The van der Waals surface area contributed by atoms with Crippen LogP contribution in [-0.2, 0) is 26.3 Å². The number of ether oxygens (including phenoxy) is 2. The van der Waals surface area contributed by atoms with Gasteiger partial charge in [-0.2, -0.15) is 11.8 Å². The third-order valence-electron chi connectivity index (χ3n) is 6.30. The van der Waals surface area contributed by atoms with E-state index < -0.39 is 21.7 Å². The van der Waals surface area contributed by atoms with Crippen LogP contribution < -0.4 is 14.2 Å². The van der Waals surface area contributed by atoms with Crippen molar-refractivity contribution in [2.24, 2.45) is 0 Å². The van der Waals surface area contributed by atoms with Crippen molar-refractivity contribution in [3.05, 3.63) is 83.4 Å². The lowest BCUT2D eigenvalue weighted by molar-refractivity contribution is -0.115. The van der Waals surface area contributed by atoms with Crippen molar-refractivity contribution >= 4 is 33.5 Å². The first kappa shape index (κ1) is 28.7. The van der Waals surface area contributed by atoms with Gasteiger partial charge in [-0.3, -0.25) is 9.59 Å².